The van der Waals surface area contributed by atoms with Gasteiger partial charge in [-0.25, -0.2) is 9.18 Å². The van der Waals surface area contributed by atoms with E-state index in [0.29, 0.717) is 5.56 Å². The zero-order chi connectivity index (χ0) is 18.9. The number of hydrogen-bond donors (Lipinski definition) is 1. The molecule has 2 aromatic carbocycles. The van der Waals surface area contributed by atoms with E-state index in [9.17, 15) is 9.18 Å². The van der Waals surface area contributed by atoms with Crippen molar-refractivity contribution >= 4 is 17.0 Å². The Morgan fingerprint density at radius 1 is 1.15 bits per heavy atom. The van der Waals surface area contributed by atoms with Crippen LogP contribution in [0.2, 0.25) is 0 Å². The molecule has 26 heavy (non-hydrogen) atoms. The number of rotatable bonds is 3. The highest BCUT2D eigenvalue weighted by Gasteiger charge is 2.20. The zero-order valence-corrected chi connectivity index (χ0v) is 15.4. The minimum absolute atomic E-state index is 0.355. The van der Waals surface area contributed by atoms with Crippen LogP contribution in [0.25, 0.3) is 16.6 Å². The summed E-state index contributed by atoms with van der Waals surface area (Å²) in [4.78, 5) is 12.0. The lowest BCUT2D eigenvalue weighted by atomic mass is 10.1. The first-order valence-electron chi connectivity index (χ1n) is 8.60. The number of nitrogens with zero attached hydrogens (tertiary/aromatic N) is 1. The average molecular weight is 354 g/mol. The molecule has 0 spiro atoms. The van der Waals surface area contributed by atoms with Crippen LogP contribution < -0.4 is 5.32 Å². The van der Waals surface area contributed by atoms with Gasteiger partial charge in [0.25, 0.3) is 0 Å². The predicted octanol–water partition coefficient (Wildman–Crippen LogP) is 5.36. The molecule has 1 amide bonds. The SMILES string of the molecule is C[C@@H](NC(=O)OC(C)(C)C)c1cc2c(ccn2-c2ccccc2)cc1F. The van der Waals surface area contributed by atoms with Crippen molar-refractivity contribution in [3.8, 4) is 5.69 Å². The molecule has 1 aromatic heterocycles. The number of fused-ring (bicyclic) bond motifs is 1. The van der Waals surface area contributed by atoms with Crippen molar-refractivity contribution in [1.29, 1.82) is 0 Å². The average Bonchev–Trinajstić information content (AvgIpc) is 2.95. The Labute approximate surface area is 152 Å². The van der Waals surface area contributed by atoms with Gasteiger partial charge in [0.1, 0.15) is 11.4 Å². The summed E-state index contributed by atoms with van der Waals surface area (Å²) in [5.41, 5.74) is 1.69. The first-order chi connectivity index (χ1) is 12.2. The molecular formula is C21H23FN2O2. The third kappa shape index (κ3) is 3.87. The Kier molecular flexibility index (Phi) is 4.72. The van der Waals surface area contributed by atoms with Gasteiger partial charge >= 0.3 is 6.09 Å². The number of halogens is 1. The summed E-state index contributed by atoms with van der Waals surface area (Å²) in [5, 5.41) is 3.50. The molecule has 0 saturated carbocycles. The van der Waals surface area contributed by atoms with Crippen molar-refractivity contribution in [2.75, 3.05) is 0 Å². The van der Waals surface area contributed by atoms with Crippen LogP contribution in [0.5, 0.6) is 0 Å². The smallest absolute Gasteiger partial charge is 0.408 e. The molecule has 0 unspecified atom stereocenters. The monoisotopic (exact) mass is 354 g/mol. The Balaban J connectivity index is 1.93. The number of aromatic nitrogens is 1. The van der Waals surface area contributed by atoms with Crippen LogP contribution in [-0.4, -0.2) is 16.3 Å². The van der Waals surface area contributed by atoms with Crippen LogP contribution in [0.3, 0.4) is 0 Å². The van der Waals surface area contributed by atoms with Crippen LogP contribution in [-0.2, 0) is 4.74 Å². The van der Waals surface area contributed by atoms with Crippen molar-refractivity contribution in [2.45, 2.75) is 39.3 Å². The minimum atomic E-state index is -0.603. The van der Waals surface area contributed by atoms with Gasteiger partial charge < -0.3 is 14.6 Å². The first-order valence-corrected chi connectivity index (χ1v) is 8.60. The fourth-order valence-corrected chi connectivity index (χ4v) is 2.88. The van der Waals surface area contributed by atoms with Crippen molar-refractivity contribution in [3.05, 3.63) is 66.1 Å². The number of benzene rings is 2. The van der Waals surface area contributed by atoms with E-state index in [2.05, 4.69) is 5.32 Å². The third-order valence-corrected chi connectivity index (χ3v) is 4.04. The van der Waals surface area contributed by atoms with Crippen LogP contribution >= 0.6 is 0 Å². The fourth-order valence-electron chi connectivity index (χ4n) is 2.88. The first kappa shape index (κ1) is 18.0. The molecule has 0 radical (unpaired) electrons. The summed E-state index contributed by atoms with van der Waals surface area (Å²) in [5.74, 6) is -0.355. The molecule has 0 saturated heterocycles. The number of ether oxygens (including phenoxy) is 1. The van der Waals surface area contributed by atoms with Gasteiger partial charge in [0, 0.05) is 22.8 Å². The normalized spacial score (nSPS) is 12.8. The van der Waals surface area contributed by atoms with Gasteiger partial charge in [-0.05, 0) is 58.0 Å². The van der Waals surface area contributed by atoms with Crippen LogP contribution in [0.15, 0.2) is 54.7 Å². The Morgan fingerprint density at radius 3 is 2.50 bits per heavy atom. The van der Waals surface area contributed by atoms with E-state index in [1.165, 1.54) is 6.07 Å². The van der Waals surface area contributed by atoms with Crippen LogP contribution in [0.1, 0.15) is 39.3 Å². The number of carbonyl (C=O) groups excluding carboxylic acids is 1. The number of nitrogens with one attached hydrogen (secondary N) is 1. The molecule has 0 aliphatic carbocycles. The van der Waals surface area contributed by atoms with E-state index in [4.69, 9.17) is 4.74 Å². The lowest BCUT2D eigenvalue weighted by molar-refractivity contribution is 0.0507. The molecular weight excluding hydrogens is 331 g/mol. The predicted molar refractivity (Wildman–Crippen MR) is 101 cm³/mol. The second kappa shape index (κ2) is 6.83. The molecule has 0 bridgehead atoms. The van der Waals surface area contributed by atoms with Gasteiger partial charge in [0.05, 0.1) is 11.6 Å². The van der Waals surface area contributed by atoms with E-state index in [1.54, 1.807) is 33.8 Å². The zero-order valence-electron chi connectivity index (χ0n) is 15.4. The fraction of sp³-hybridized carbons (Fsp3) is 0.286. The van der Waals surface area contributed by atoms with Gasteiger partial charge in [-0.1, -0.05) is 18.2 Å². The van der Waals surface area contributed by atoms with E-state index < -0.39 is 17.7 Å². The molecule has 5 heteroatoms. The minimum Gasteiger partial charge on any atom is -0.444 e. The van der Waals surface area contributed by atoms with Crippen molar-refractivity contribution in [2.24, 2.45) is 0 Å². The summed E-state index contributed by atoms with van der Waals surface area (Å²) < 4.78 is 21.8. The molecule has 136 valence electrons. The number of amides is 1. The molecule has 1 atom stereocenters. The number of alkyl carbamates (subject to hydrolysis) is 1. The summed E-state index contributed by atoms with van der Waals surface area (Å²) in [6.07, 6.45) is 1.35. The van der Waals surface area contributed by atoms with Crippen LogP contribution in [0.4, 0.5) is 9.18 Å². The molecule has 0 fully saturated rings. The van der Waals surface area contributed by atoms with E-state index in [0.717, 1.165) is 16.6 Å². The number of para-hydroxylation sites is 1. The molecule has 3 rings (SSSR count). The second-order valence-corrected chi connectivity index (χ2v) is 7.32. The highest BCUT2D eigenvalue weighted by Crippen LogP contribution is 2.27. The molecule has 3 aromatic rings. The van der Waals surface area contributed by atoms with E-state index >= 15 is 0 Å². The topological polar surface area (TPSA) is 43.3 Å². The van der Waals surface area contributed by atoms with E-state index in [1.807, 2.05) is 47.2 Å². The number of carbonyl (C=O) groups is 1. The van der Waals surface area contributed by atoms with Gasteiger partial charge in [-0.2, -0.15) is 0 Å². The van der Waals surface area contributed by atoms with E-state index in [-0.39, 0.29) is 5.82 Å². The maximum absolute atomic E-state index is 14.6. The third-order valence-electron chi connectivity index (χ3n) is 4.04. The van der Waals surface area contributed by atoms with Gasteiger partial charge in [0.2, 0.25) is 0 Å². The molecule has 1 N–H and O–H groups in total. The Bertz CT molecular complexity index is 926. The van der Waals surface area contributed by atoms with Crippen LogP contribution in [0, 0.1) is 5.82 Å². The largest absolute Gasteiger partial charge is 0.444 e. The second-order valence-electron chi connectivity index (χ2n) is 7.32. The highest BCUT2D eigenvalue weighted by atomic mass is 19.1. The molecule has 0 aliphatic heterocycles. The highest BCUT2D eigenvalue weighted by molar-refractivity contribution is 5.83. The maximum Gasteiger partial charge on any atom is 0.408 e. The standard InChI is InChI=1S/C21H23FN2O2/c1-14(23-20(25)26-21(2,3)4)17-13-19-15(12-18(17)22)10-11-24(19)16-8-6-5-7-9-16/h5-14H,1-4H3,(H,23,25)/t14-/m1/s1. The van der Waals surface area contributed by atoms with Gasteiger partial charge in [-0.3, -0.25) is 0 Å². The summed E-state index contributed by atoms with van der Waals surface area (Å²) in [6, 6.07) is 14.5. The summed E-state index contributed by atoms with van der Waals surface area (Å²) in [6.45, 7) is 7.11. The van der Waals surface area contributed by atoms with Gasteiger partial charge in [-0.15, -0.1) is 0 Å². The quantitative estimate of drug-likeness (QED) is 0.688. The Hall–Kier alpha value is -2.82. The summed E-state index contributed by atoms with van der Waals surface area (Å²) >= 11 is 0. The van der Waals surface area contributed by atoms with Crippen molar-refractivity contribution < 1.29 is 13.9 Å². The lowest BCUT2D eigenvalue weighted by Gasteiger charge is -2.22. The van der Waals surface area contributed by atoms with Crippen molar-refractivity contribution in [1.82, 2.24) is 9.88 Å². The molecule has 0 aliphatic rings. The number of hydrogen-bond acceptors (Lipinski definition) is 2. The molecule has 4 nitrogen and oxygen atoms in total. The van der Waals surface area contributed by atoms with Gasteiger partial charge in [0.15, 0.2) is 0 Å². The molecule has 1 heterocycles. The maximum atomic E-state index is 14.6. The van der Waals surface area contributed by atoms with Crippen molar-refractivity contribution in [3.63, 3.8) is 0 Å². The lowest BCUT2D eigenvalue weighted by Crippen LogP contribution is -2.34. The summed E-state index contributed by atoms with van der Waals surface area (Å²) in [7, 11) is 0. The Morgan fingerprint density at radius 2 is 1.85 bits per heavy atom.